The molecule has 0 aliphatic carbocycles. The highest BCUT2D eigenvalue weighted by molar-refractivity contribution is 5.57. The normalized spacial score (nSPS) is 10.5. The van der Waals surface area contributed by atoms with E-state index in [1.807, 2.05) is 31.2 Å². The fraction of sp³-hybridized carbons (Fsp3) is 0.308. The first kappa shape index (κ1) is 11.7. The third-order valence-corrected chi connectivity index (χ3v) is 2.36. The zero-order valence-corrected chi connectivity index (χ0v) is 9.85. The molecule has 0 amide bonds. The van der Waals surface area contributed by atoms with Crippen LogP contribution in [-0.4, -0.2) is 18.1 Å². The van der Waals surface area contributed by atoms with Gasteiger partial charge in [0, 0.05) is 18.5 Å². The quantitative estimate of drug-likeness (QED) is 0.858. The zero-order valence-electron chi connectivity index (χ0n) is 9.85. The Kier molecular flexibility index (Phi) is 3.77. The number of oxazole rings is 1. The molecule has 1 aromatic heterocycles. The molecule has 0 fully saturated rings. The Bertz CT molecular complexity index is 463. The Morgan fingerprint density at radius 2 is 2.06 bits per heavy atom. The molecule has 2 N–H and O–H groups in total. The fourth-order valence-corrected chi connectivity index (χ4v) is 1.56. The van der Waals surface area contributed by atoms with E-state index in [0.717, 1.165) is 17.1 Å². The number of benzene rings is 1. The number of hydrogen-bond acceptors (Lipinski definition) is 4. The van der Waals surface area contributed by atoms with Crippen molar-refractivity contribution in [3.63, 3.8) is 0 Å². The molecule has 0 atom stereocenters. The summed E-state index contributed by atoms with van der Waals surface area (Å²) in [7, 11) is 0. The zero-order chi connectivity index (χ0) is 12.1. The van der Waals surface area contributed by atoms with Crippen LogP contribution in [-0.2, 0) is 6.42 Å². The number of nitrogens with two attached hydrogens (primary N) is 1. The van der Waals surface area contributed by atoms with Crippen molar-refractivity contribution in [2.45, 2.75) is 13.3 Å². The molecule has 0 saturated heterocycles. The molecule has 2 aromatic rings. The Balaban J connectivity index is 2.15. The van der Waals surface area contributed by atoms with E-state index in [4.69, 9.17) is 14.9 Å². The van der Waals surface area contributed by atoms with Crippen molar-refractivity contribution in [1.29, 1.82) is 0 Å². The van der Waals surface area contributed by atoms with Gasteiger partial charge in [-0.1, -0.05) is 0 Å². The van der Waals surface area contributed by atoms with Crippen molar-refractivity contribution in [3.05, 3.63) is 36.4 Å². The van der Waals surface area contributed by atoms with Gasteiger partial charge in [0.2, 0.25) is 0 Å². The van der Waals surface area contributed by atoms with Gasteiger partial charge in [-0.15, -0.1) is 0 Å². The van der Waals surface area contributed by atoms with Crippen LogP contribution in [0, 0.1) is 0 Å². The lowest BCUT2D eigenvalue weighted by Crippen LogP contribution is -2.02. The minimum atomic E-state index is 0.545. The Morgan fingerprint density at radius 1 is 1.29 bits per heavy atom. The van der Waals surface area contributed by atoms with Crippen molar-refractivity contribution >= 4 is 0 Å². The van der Waals surface area contributed by atoms with Gasteiger partial charge in [-0.25, -0.2) is 4.98 Å². The maximum absolute atomic E-state index is 5.58. The number of nitrogens with zero attached hydrogens (tertiary/aromatic N) is 1. The van der Waals surface area contributed by atoms with Gasteiger partial charge in [0.1, 0.15) is 5.75 Å². The fourth-order valence-electron chi connectivity index (χ4n) is 1.56. The SMILES string of the molecule is CCOc1ccc(-c2cnc(CCN)o2)cc1. The Morgan fingerprint density at radius 3 is 2.71 bits per heavy atom. The predicted molar refractivity (Wildman–Crippen MR) is 65.9 cm³/mol. The minimum absolute atomic E-state index is 0.545. The maximum atomic E-state index is 5.58. The second-order valence-corrected chi connectivity index (χ2v) is 3.61. The highest BCUT2D eigenvalue weighted by atomic mass is 16.5. The predicted octanol–water partition coefficient (Wildman–Crippen LogP) is 2.24. The van der Waals surface area contributed by atoms with Crippen LogP contribution in [0.3, 0.4) is 0 Å². The van der Waals surface area contributed by atoms with Crippen molar-refractivity contribution in [1.82, 2.24) is 4.98 Å². The Hall–Kier alpha value is -1.81. The van der Waals surface area contributed by atoms with Crippen LogP contribution < -0.4 is 10.5 Å². The van der Waals surface area contributed by atoms with E-state index in [1.54, 1.807) is 6.20 Å². The van der Waals surface area contributed by atoms with Gasteiger partial charge in [-0.05, 0) is 31.2 Å². The van der Waals surface area contributed by atoms with Crippen LogP contribution in [0.15, 0.2) is 34.9 Å². The lowest BCUT2D eigenvalue weighted by Gasteiger charge is -2.02. The standard InChI is InChI=1S/C13H16N2O2/c1-2-16-11-5-3-10(4-6-11)12-9-15-13(17-12)7-8-14/h3-6,9H,2,7-8,14H2,1H3. The molecule has 0 aliphatic rings. The first-order valence-electron chi connectivity index (χ1n) is 5.71. The molecular weight excluding hydrogens is 216 g/mol. The molecule has 0 saturated carbocycles. The summed E-state index contributed by atoms with van der Waals surface area (Å²) in [5.74, 6) is 2.30. The van der Waals surface area contributed by atoms with Gasteiger partial charge < -0.3 is 14.9 Å². The molecule has 0 spiro atoms. The van der Waals surface area contributed by atoms with Crippen LogP contribution in [0.1, 0.15) is 12.8 Å². The van der Waals surface area contributed by atoms with Gasteiger partial charge >= 0.3 is 0 Å². The van der Waals surface area contributed by atoms with E-state index in [1.165, 1.54) is 0 Å². The van der Waals surface area contributed by atoms with E-state index in [2.05, 4.69) is 4.98 Å². The van der Waals surface area contributed by atoms with Crippen molar-refractivity contribution < 1.29 is 9.15 Å². The monoisotopic (exact) mass is 232 g/mol. The van der Waals surface area contributed by atoms with Crippen LogP contribution >= 0.6 is 0 Å². The smallest absolute Gasteiger partial charge is 0.196 e. The molecule has 0 bridgehead atoms. The molecular formula is C13H16N2O2. The first-order chi connectivity index (χ1) is 8.33. The number of ether oxygens (including phenoxy) is 1. The summed E-state index contributed by atoms with van der Waals surface area (Å²) >= 11 is 0. The summed E-state index contributed by atoms with van der Waals surface area (Å²) in [6, 6.07) is 7.75. The van der Waals surface area contributed by atoms with E-state index in [9.17, 15) is 0 Å². The molecule has 1 aromatic carbocycles. The molecule has 17 heavy (non-hydrogen) atoms. The third kappa shape index (κ3) is 2.85. The molecule has 4 heteroatoms. The summed E-state index contributed by atoms with van der Waals surface area (Å²) in [6.45, 7) is 3.18. The third-order valence-electron chi connectivity index (χ3n) is 2.36. The summed E-state index contributed by atoms with van der Waals surface area (Å²) in [5.41, 5.74) is 6.44. The van der Waals surface area contributed by atoms with E-state index in [0.29, 0.717) is 25.5 Å². The van der Waals surface area contributed by atoms with Gasteiger partial charge in [-0.3, -0.25) is 0 Å². The molecule has 0 radical (unpaired) electrons. The summed E-state index contributed by atoms with van der Waals surface area (Å²) in [5, 5.41) is 0. The minimum Gasteiger partial charge on any atom is -0.494 e. The second kappa shape index (κ2) is 5.50. The highest BCUT2D eigenvalue weighted by Gasteiger charge is 2.05. The molecule has 90 valence electrons. The van der Waals surface area contributed by atoms with Crippen molar-refractivity contribution in [3.8, 4) is 17.1 Å². The molecule has 0 aliphatic heterocycles. The van der Waals surface area contributed by atoms with Gasteiger partial charge in [0.25, 0.3) is 0 Å². The average Bonchev–Trinajstić information content (AvgIpc) is 2.80. The van der Waals surface area contributed by atoms with Gasteiger partial charge in [-0.2, -0.15) is 0 Å². The molecule has 2 rings (SSSR count). The Labute approximate surface area is 100 Å². The number of rotatable bonds is 5. The largest absolute Gasteiger partial charge is 0.494 e. The van der Waals surface area contributed by atoms with Crippen molar-refractivity contribution in [2.24, 2.45) is 5.73 Å². The molecule has 0 unspecified atom stereocenters. The topological polar surface area (TPSA) is 61.3 Å². The summed E-state index contributed by atoms with van der Waals surface area (Å²) < 4.78 is 11.0. The maximum Gasteiger partial charge on any atom is 0.196 e. The highest BCUT2D eigenvalue weighted by Crippen LogP contribution is 2.23. The van der Waals surface area contributed by atoms with Crippen LogP contribution in [0.4, 0.5) is 0 Å². The summed E-state index contributed by atoms with van der Waals surface area (Å²) in [6.07, 6.45) is 2.39. The van der Waals surface area contributed by atoms with Gasteiger partial charge in [0.05, 0.1) is 12.8 Å². The van der Waals surface area contributed by atoms with Crippen LogP contribution in [0.5, 0.6) is 5.75 Å². The molecule has 1 heterocycles. The van der Waals surface area contributed by atoms with Gasteiger partial charge in [0.15, 0.2) is 11.7 Å². The van der Waals surface area contributed by atoms with Crippen molar-refractivity contribution in [2.75, 3.05) is 13.2 Å². The lowest BCUT2D eigenvalue weighted by atomic mass is 10.2. The number of hydrogen-bond donors (Lipinski definition) is 1. The van der Waals surface area contributed by atoms with E-state index in [-0.39, 0.29) is 0 Å². The second-order valence-electron chi connectivity index (χ2n) is 3.61. The van der Waals surface area contributed by atoms with Crippen LogP contribution in [0.25, 0.3) is 11.3 Å². The van der Waals surface area contributed by atoms with E-state index < -0.39 is 0 Å². The molecule has 4 nitrogen and oxygen atoms in total. The van der Waals surface area contributed by atoms with E-state index >= 15 is 0 Å². The summed E-state index contributed by atoms with van der Waals surface area (Å²) in [4.78, 5) is 4.16. The number of aromatic nitrogens is 1. The van der Waals surface area contributed by atoms with Crippen LogP contribution in [0.2, 0.25) is 0 Å². The average molecular weight is 232 g/mol. The lowest BCUT2D eigenvalue weighted by molar-refractivity contribution is 0.340. The first-order valence-corrected chi connectivity index (χ1v) is 5.71.